The minimum Gasteiger partial charge on any atom is -0.289 e. The van der Waals surface area contributed by atoms with Gasteiger partial charge in [0.25, 0.3) is 5.56 Å². The zero-order valence-corrected chi connectivity index (χ0v) is 11.5. The van der Waals surface area contributed by atoms with Crippen molar-refractivity contribution in [2.24, 2.45) is 0 Å². The van der Waals surface area contributed by atoms with E-state index in [2.05, 4.69) is 26.0 Å². The molecule has 0 saturated carbocycles. The fourth-order valence-corrected chi connectivity index (χ4v) is 2.09. The van der Waals surface area contributed by atoms with E-state index in [9.17, 15) is 4.79 Å². The van der Waals surface area contributed by atoms with Crippen molar-refractivity contribution in [1.82, 2.24) is 14.8 Å². The number of aromatic amines is 1. The molecule has 0 saturated heterocycles. The molecule has 0 fully saturated rings. The Balaban J connectivity index is 2.07. The Hall–Kier alpha value is -2.14. The van der Waals surface area contributed by atoms with Crippen LogP contribution in [-0.4, -0.2) is 14.8 Å². The SMILES string of the molecule is O=c1cc(-c2ccc(Br)cc2)[nH]n1-c1ccccn1. The normalized spacial score (nSPS) is 10.6. The first-order valence-corrected chi connectivity index (χ1v) is 6.53. The van der Waals surface area contributed by atoms with Crippen LogP contribution in [-0.2, 0) is 0 Å². The van der Waals surface area contributed by atoms with Crippen LogP contribution in [0.25, 0.3) is 17.1 Å². The Morgan fingerprint density at radius 1 is 1.11 bits per heavy atom. The summed E-state index contributed by atoms with van der Waals surface area (Å²) in [5.74, 6) is 0.580. The van der Waals surface area contributed by atoms with E-state index in [1.807, 2.05) is 36.4 Å². The molecule has 0 amide bonds. The third kappa shape index (κ3) is 2.37. The predicted molar refractivity (Wildman–Crippen MR) is 77.3 cm³/mol. The van der Waals surface area contributed by atoms with Gasteiger partial charge in [0.2, 0.25) is 0 Å². The van der Waals surface area contributed by atoms with Crippen molar-refractivity contribution in [3.8, 4) is 17.1 Å². The van der Waals surface area contributed by atoms with Crippen molar-refractivity contribution >= 4 is 15.9 Å². The molecular weight excluding hydrogens is 306 g/mol. The largest absolute Gasteiger partial charge is 0.289 e. The molecule has 0 aliphatic heterocycles. The molecule has 1 N–H and O–H groups in total. The molecule has 1 aromatic carbocycles. The van der Waals surface area contributed by atoms with Crippen LogP contribution < -0.4 is 5.56 Å². The van der Waals surface area contributed by atoms with Gasteiger partial charge in [-0.1, -0.05) is 34.1 Å². The van der Waals surface area contributed by atoms with Gasteiger partial charge in [0.05, 0.1) is 5.69 Å². The summed E-state index contributed by atoms with van der Waals surface area (Å²) in [5, 5.41) is 3.06. The topological polar surface area (TPSA) is 50.7 Å². The predicted octanol–water partition coefficient (Wildman–Crippen LogP) is 2.99. The minimum absolute atomic E-state index is 0.128. The third-order valence-electron chi connectivity index (χ3n) is 2.75. The zero-order valence-electron chi connectivity index (χ0n) is 9.88. The Kier molecular flexibility index (Phi) is 3.05. The maximum Gasteiger partial charge on any atom is 0.273 e. The lowest BCUT2D eigenvalue weighted by molar-refractivity contribution is 0.822. The van der Waals surface area contributed by atoms with E-state index in [0.29, 0.717) is 5.82 Å². The molecule has 19 heavy (non-hydrogen) atoms. The number of H-pyrrole nitrogens is 1. The van der Waals surface area contributed by atoms with E-state index in [0.717, 1.165) is 15.7 Å². The first-order chi connectivity index (χ1) is 9.24. The van der Waals surface area contributed by atoms with Crippen molar-refractivity contribution in [3.05, 3.63) is 69.6 Å². The van der Waals surface area contributed by atoms with Gasteiger partial charge in [0.1, 0.15) is 0 Å². The standard InChI is InChI=1S/C14H10BrN3O/c15-11-6-4-10(5-7-11)12-9-14(19)18(17-12)13-3-1-2-8-16-13/h1-9,17H. The molecule has 0 spiro atoms. The van der Waals surface area contributed by atoms with E-state index in [1.165, 1.54) is 4.68 Å². The molecule has 2 heterocycles. The van der Waals surface area contributed by atoms with Crippen LogP contribution in [0.1, 0.15) is 0 Å². The van der Waals surface area contributed by atoms with Gasteiger partial charge >= 0.3 is 0 Å². The van der Waals surface area contributed by atoms with Gasteiger partial charge in [-0.3, -0.25) is 9.89 Å². The highest BCUT2D eigenvalue weighted by Crippen LogP contribution is 2.19. The molecule has 4 nitrogen and oxygen atoms in total. The van der Waals surface area contributed by atoms with Crippen LogP contribution in [0.5, 0.6) is 0 Å². The van der Waals surface area contributed by atoms with Gasteiger partial charge in [0.15, 0.2) is 5.82 Å². The molecule has 0 bridgehead atoms. The number of nitrogens with one attached hydrogen (secondary N) is 1. The first-order valence-electron chi connectivity index (χ1n) is 5.73. The van der Waals surface area contributed by atoms with Gasteiger partial charge in [0, 0.05) is 16.7 Å². The quantitative estimate of drug-likeness (QED) is 0.790. The van der Waals surface area contributed by atoms with Crippen molar-refractivity contribution in [1.29, 1.82) is 0 Å². The molecule has 0 unspecified atom stereocenters. The van der Waals surface area contributed by atoms with Gasteiger partial charge in [-0.2, -0.15) is 0 Å². The Bertz CT molecular complexity index is 744. The summed E-state index contributed by atoms with van der Waals surface area (Å²) in [6.07, 6.45) is 1.65. The number of nitrogens with zero attached hydrogens (tertiary/aromatic N) is 2. The third-order valence-corrected chi connectivity index (χ3v) is 3.28. The van der Waals surface area contributed by atoms with Gasteiger partial charge in [-0.25, -0.2) is 9.67 Å². The lowest BCUT2D eigenvalue weighted by atomic mass is 10.2. The number of hydrogen-bond donors (Lipinski definition) is 1. The fraction of sp³-hybridized carbons (Fsp3) is 0. The zero-order chi connectivity index (χ0) is 13.2. The molecule has 0 aliphatic rings. The van der Waals surface area contributed by atoms with Crippen LogP contribution >= 0.6 is 15.9 Å². The first kappa shape index (κ1) is 11.9. The molecule has 3 rings (SSSR count). The Labute approximate surface area is 117 Å². The van der Waals surface area contributed by atoms with Crippen LogP contribution in [0.2, 0.25) is 0 Å². The summed E-state index contributed by atoms with van der Waals surface area (Å²) in [7, 11) is 0. The average molecular weight is 316 g/mol. The lowest BCUT2D eigenvalue weighted by Gasteiger charge is -2.01. The molecule has 5 heteroatoms. The number of halogens is 1. The second kappa shape index (κ2) is 4.85. The molecular formula is C14H10BrN3O. The highest BCUT2D eigenvalue weighted by molar-refractivity contribution is 9.10. The number of aromatic nitrogens is 3. The summed E-state index contributed by atoms with van der Waals surface area (Å²) in [4.78, 5) is 16.1. The minimum atomic E-state index is -0.128. The molecule has 2 aromatic heterocycles. The van der Waals surface area contributed by atoms with Crippen LogP contribution in [0.15, 0.2) is 64.0 Å². The number of rotatable bonds is 2. The maximum atomic E-state index is 12.0. The highest BCUT2D eigenvalue weighted by Gasteiger charge is 2.07. The Morgan fingerprint density at radius 2 is 1.89 bits per heavy atom. The summed E-state index contributed by atoms with van der Waals surface area (Å²) in [6.45, 7) is 0. The summed E-state index contributed by atoms with van der Waals surface area (Å²) in [6, 6.07) is 14.8. The second-order valence-corrected chi connectivity index (χ2v) is 4.95. The van der Waals surface area contributed by atoms with Gasteiger partial charge in [-0.05, 0) is 29.8 Å². The Morgan fingerprint density at radius 3 is 2.58 bits per heavy atom. The summed E-state index contributed by atoms with van der Waals surface area (Å²) < 4.78 is 2.43. The monoisotopic (exact) mass is 315 g/mol. The van der Waals surface area contributed by atoms with Crippen LogP contribution in [0.4, 0.5) is 0 Å². The van der Waals surface area contributed by atoms with Crippen LogP contribution in [0, 0.1) is 0 Å². The van der Waals surface area contributed by atoms with E-state index < -0.39 is 0 Å². The smallest absolute Gasteiger partial charge is 0.273 e. The number of pyridine rings is 1. The summed E-state index contributed by atoms with van der Waals surface area (Å²) >= 11 is 3.39. The lowest BCUT2D eigenvalue weighted by Crippen LogP contribution is -2.14. The fourth-order valence-electron chi connectivity index (χ4n) is 1.83. The van der Waals surface area contributed by atoms with E-state index in [-0.39, 0.29) is 5.56 Å². The van der Waals surface area contributed by atoms with E-state index in [4.69, 9.17) is 0 Å². The number of hydrogen-bond acceptors (Lipinski definition) is 2. The molecule has 0 aliphatic carbocycles. The second-order valence-electron chi connectivity index (χ2n) is 4.04. The van der Waals surface area contributed by atoms with Crippen molar-refractivity contribution < 1.29 is 0 Å². The van der Waals surface area contributed by atoms with E-state index >= 15 is 0 Å². The highest BCUT2D eigenvalue weighted by atomic mass is 79.9. The maximum absolute atomic E-state index is 12.0. The molecule has 0 atom stereocenters. The van der Waals surface area contributed by atoms with Crippen molar-refractivity contribution in [2.75, 3.05) is 0 Å². The summed E-state index contributed by atoms with van der Waals surface area (Å²) in [5.41, 5.74) is 1.59. The molecule has 3 aromatic rings. The van der Waals surface area contributed by atoms with Crippen LogP contribution in [0.3, 0.4) is 0 Å². The molecule has 94 valence electrons. The number of benzene rings is 1. The molecule has 0 radical (unpaired) electrons. The van der Waals surface area contributed by atoms with Crippen molar-refractivity contribution in [2.45, 2.75) is 0 Å². The van der Waals surface area contributed by atoms with Gasteiger partial charge in [-0.15, -0.1) is 0 Å². The van der Waals surface area contributed by atoms with E-state index in [1.54, 1.807) is 18.3 Å². The van der Waals surface area contributed by atoms with Crippen molar-refractivity contribution in [3.63, 3.8) is 0 Å². The average Bonchev–Trinajstić information content (AvgIpc) is 2.83. The van der Waals surface area contributed by atoms with Gasteiger partial charge < -0.3 is 0 Å².